The summed E-state index contributed by atoms with van der Waals surface area (Å²) in [5.74, 6) is -0.690. The average molecular weight is 513 g/mol. The zero-order valence-corrected chi connectivity index (χ0v) is 18.8. The lowest BCUT2D eigenvalue weighted by atomic mass is 10.2. The van der Waals surface area contributed by atoms with E-state index in [2.05, 4.69) is 25.6 Å². The van der Waals surface area contributed by atoms with Crippen molar-refractivity contribution in [3.8, 4) is 0 Å². The van der Waals surface area contributed by atoms with Crippen LogP contribution in [-0.2, 0) is 17.5 Å². The molecular formula is C20H13Cl2F3N6OS. The highest BCUT2D eigenvalue weighted by Gasteiger charge is 2.31. The first kappa shape index (κ1) is 23.3. The molecule has 0 saturated heterocycles. The van der Waals surface area contributed by atoms with Crippen molar-refractivity contribution in [3.63, 3.8) is 0 Å². The SMILES string of the molecule is O=C(CSc1ncnc2c1nnn2Cc1ccc(Cl)cc1)Nc1cc(C(F)(F)F)ccc1Cl. The van der Waals surface area contributed by atoms with Crippen molar-refractivity contribution >= 4 is 57.7 Å². The van der Waals surface area contributed by atoms with Crippen LogP contribution < -0.4 is 5.32 Å². The smallest absolute Gasteiger partial charge is 0.324 e. The third-order valence-corrected chi connectivity index (χ3v) is 5.98. The van der Waals surface area contributed by atoms with Gasteiger partial charge >= 0.3 is 6.18 Å². The molecule has 7 nitrogen and oxygen atoms in total. The van der Waals surface area contributed by atoms with Crippen molar-refractivity contribution in [2.75, 3.05) is 11.1 Å². The van der Waals surface area contributed by atoms with E-state index in [1.165, 1.54) is 6.33 Å². The van der Waals surface area contributed by atoms with Crippen LogP contribution >= 0.6 is 35.0 Å². The van der Waals surface area contributed by atoms with E-state index >= 15 is 0 Å². The minimum Gasteiger partial charge on any atom is -0.324 e. The normalized spacial score (nSPS) is 11.7. The summed E-state index contributed by atoms with van der Waals surface area (Å²) in [6.07, 6.45) is -3.23. The van der Waals surface area contributed by atoms with Gasteiger partial charge in [0.25, 0.3) is 0 Å². The third kappa shape index (κ3) is 5.55. The van der Waals surface area contributed by atoms with Gasteiger partial charge in [0.05, 0.1) is 28.6 Å². The molecule has 0 atom stereocenters. The van der Waals surface area contributed by atoms with Gasteiger partial charge in [-0.25, -0.2) is 14.6 Å². The Morgan fingerprint density at radius 2 is 1.85 bits per heavy atom. The molecule has 4 aromatic rings. The number of carbonyl (C=O) groups is 1. The van der Waals surface area contributed by atoms with Gasteiger partial charge in [0.2, 0.25) is 5.91 Å². The number of hydrogen-bond donors (Lipinski definition) is 1. The number of halogens is 5. The molecule has 1 N–H and O–H groups in total. The molecule has 0 saturated carbocycles. The molecule has 4 rings (SSSR count). The second-order valence-electron chi connectivity index (χ2n) is 6.75. The van der Waals surface area contributed by atoms with Gasteiger partial charge < -0.3 is 5.32 Å². The molecule has 2 aromatic heterocycles. The second kappa shape index (κ2) is 9.54. The molecule has 0 aliphatic rings. The maximum absolute atomic E-state index is 12.9. The second-order valence-corrected chi connectivity index (χ2v) is 8.56. The van der Waals surface area contributed by atoms with Gasteiger partial charge in [0.1, 0.15) is 11.4 Å². The first-order valence-corrected chi connectivity index (χ1v) is 11.0. The van der Waals surface area contributed by atoms with E-state index in [9.17, 15) is 18.0 Å². The van der Waals surface area contributed by atoms with Crippen molar-refractivity contribution in [1.29, 1.82) is 0 Å². The fourth-order valence-electron chi connectivity index (χ4n) is 2.86. The first-order chi connectivity index (χ1) is 15.7. The molecule has 0 aliphatic carbocycles. The number of benzene rings is 2. The van der Waals surface area contributed by atoms with Gasteiger partial charge in [0.15, 0.2) is 11.2 Å². The summed E-state index contributed by atoms with van der Waals surface area (Å²) in [4.78, 5) is 20.7. The predicted molar refractivity (Wildman–Crippen MR) is 119 cm³/mol. The molecule has 0 radical (unpaired) electrons. The van der Waals surface area contributed by atoms with E-state index in [4.69, 9.17) is 23.2 Å². The van der Waals surface area contributed by atoms with Gasteiger partial charge in [-0.1, -0.05) is 52.3 Å². The number of nitrogens with zero attached hydrogens (tertiary/aromatic N) is 5. The number of carbonyl (C=O) groups excluding carboxylic acids is 1. The Bertz CT molecular complexity index is 1310. The average Bonchev–Trinajstić information content (AvgIpc) is 3.18. The summed E-state index contributed by atoms with van der Waals surface area (Å²) >= 11 is 12.9. The third-order valence-electron chi connectivity index (χ3n) is 4.42. The zero-order valence-electron chi connectivity index (χ0n) is 16.5. The minimum atomic E-state index is -4.55. The molecule has 33 heavy (non-hydrogen) atoms. The monoisotopic (exact) mass is 512 g/mol. The zero-order chi connectivity index (χ0) is 23.6. The molecule has 0 unspecified atom stereocenters. The number of thioether (sulfide) groups is 1. The van der Waals surface area contributed by atoms with Crippen LogP contribution in [0, 0.1) is 0 Å². The van der Waals surface area contributed by atoms with Crippen molar-refractivity contribution in [2.45, 2.75) is 17.7 Å². The summed E-state index contributed by atoms with van der Waals surface area (Å²) < 4.78 is 40.3. The molecule has 2 aromatic carbocycles. The van der Waals surface area contributed by atoms with Crippen LogP contribution in [0.25, 0.3) is 11.2 Å². The summed E-state index contributed by atoms with van der Waals surface area (Å²) in [6.45, 7) is 0.406. The lowest BCUT2D eigenvalue weighted by molar-refractivity contribution is -0.137. The number of nitrogens with one attached hydrogen (secondary N) is 1. The van der Waals surface area contributed by atoms with Crippen molar-refractivity contribution in [3.05, 3.63) is 70.0 Å². The molecule has 0 fully saturated rings. The van der Waals surface area contributed by atoms with E-state index in [1.54, 1.807) is 16.8 Å². The van der Waals surface area contributed by atoms with Crippen LogP contribution in [0.2, 0.25) is 10.0 Å². The van der Waals surface area contributed by atoms with Gasteiger partial charge in [-0.2, -0.15) is 13.2 Å². The molecule has 1 amide bonds. The number of anilines is 1. The van der Waals surface area contributed by atoms with E-state index < -0.39 is 17.6 Å². The van der Waals surface area contributed by atoms with Crippen molar-refractivity contribution < 1.29 is 18.0 Å². The van der Waals surface area contributed by atoms with Crippen LogP contribution in [0.1, 0.15) is 11.1 Å². The Morgan fingerprint density at radius 1 is 1.09 bits per heavy atom. The first-order valence-electron chi connectivity index (χ1n) is 9.29. The Morgan fingerprint density at radius 3 is 2.58 bits per heavy atom. The molecular weight excluding hydrogens is 500 g/mol. The number of amides is 1. The van der Waals surface area contributed by atoms with E-state index in [0.717, 1.165) is 35.5 Å². The standard InChI is InChI=1S/C20H13Cl2F3N6OS/c21-13-4-1-11(2-5-13)8-31-18-17(29-30-31)19(27-10-26-18)33-9-16(32)28-15-7-12(20(23,24)25)3-6-14(15)22/h1-7,10H,8-9H2,(H,28,32). The van der Waals surface area contributed by atoms with Crippen LogP contribution in [0.4, 0.5) is 18.9 Å². The minimum absolute atomic E-state index is 0.00378. The maximum atomic E-state index is 12.9. The Labute approximate surface area is 199 Å². The number of alkyl halides is 3. The van der Waals surface area contributed by atoms with E-state index in [1.807, 2.05) is 12.1 Å². The maximum Gasteiger partial charge on any atom is 0.416 e. The van der Waals surface area contributed by atoms with E-state index in [-0.39, 0.29) is 16.5 Å². The fraction of sp³-hybridized carbons (Fsp3) is 0.150. The van der Waals surface area contributed by atoms with Crippen LogP contribution in [-0.4, -0.2) is 36.6 Å². The lowest BCUT2D eigenvalue weighted by Crippen LogP contribution is -2.15. The fourth-order valence-corrected chi connectivity index (χ4v) is 3.89. The quantitative estimate of drug-likeness (QED) is 0.277. The van der Waals surface area contributed by atoms with Gasteiger partial charge in [-0.05, 0) is 35.9 Å². The Balaban J connectivity index is 1.46. The Kier molecular flexibility index (Phi) is 6.73. The Hall–Kier alpha value is -2.89. The number of aromatic nitrogens is 5. The molecule has 0 spiro atoms. The highest BCUT2D eigenvalue weighted by Crippen LogP contribution is 2.34. The predicted octanol–water partition coefficient (Wildman–Crippen LogP) is 5.33. The molecule has 13 heteroatoms. The van der Waals surface area contributed by atoms with Crippen LogP contribution in [0.15, 0.2) is 53.8 Å². The summed E-state index contributed by atoms with van der Waals surface area (Å²) in [5, 5.41) is 11.6. The van der Waals surface area contributed by atoms with Crippen molar-refractivity contribution in [1.82, 2.24) is 25.0 Å². The molecule has 170 valence electrons. The van der Waals surface area contributed by atoms with Crippen molar-refractivity contribution in [2.24, 2.45) is 0 Å². The topological polar surface area (TPSA) is 85.6 Å². The summed E-state index contributed by atoms with van der Waals surface area (Å²) in [6, 6.07) is 9.96. The van der Waals surface area contributed by atoms with Crippen LogP contribution in [0.5, 0.6) is 0 Å². The number of fused-ring (bicyclic) bond motifs is 1. The van der Waals surface area contributed by atoms with Gasteiger partial charge in [0, 0.05) is 5.02 Å². The largest absolute Gasteiger partial charge is 0.416 e. The van der Waals surface area contributed by atoms with Crippen LogP contribution in [0.3, 0.4) is 0 Å². The lowest BCUT2D eigenvalue weighted by Gasteiger charge is -2.11. The highest BCUT2D eigenvalue weighted by atomic mass is 35.5. The number of rotatable bonds is 6. The van der Waals surface area contributed by atoms with Gasteiger partial charge in [-0.15, -0.1) is 5.10 Å². The molecule has 2 heterocycles. The number of hydrogen-bond acceptors (Lipinski definition) is 6. The molecule has 0 aliphatic heterocycles. The van der Waals surface area contributed by atoms with Gasteiger partial charge in [-0.3, -0.25) is 4.79 Å². The summed E-state index contributed by atoms with van der Waals surface area (Å²) in [7, 11) is 0. The van der Waals surface area contributed by atoms with E-state index in [0.29, 0.717) is 27.8 Å². The highest BCUT2D eigenvalue weighted by molar-refractivity contribution is 8.00. The molecule has 0 bridgehead atoms. The summed E-state index contributed by atoms with van der Waals surface area (Å²) in [5.41, 5.74) is 0.782.